The molecule has 1 fully saturated rings. The van der Waals surface area contributed by atoms with Gasteiger partial charge in [-0.1, -0.05) is 54.6 Å². The molecule has 0 saturated carbocycles. The fourth-order valence-corrected chi connectivity index (χ4v) is 3.64. The van der Waals surface area contributed by atoms with Crippen LogP contribution in [0.5, 0.6) is 0 Å². The number of benzene rings is 2. The first-order valence-corrected chi connectivity index (χ1v) is 8.69. The first-order chi connectivity index (χ1) is 12.1. The monoisotopic (exact) mass is 337 g/mol. The Labute approximate surface area is 148 Å². The van der Waals surface area contributed by atoms with E-state index in [0.29, 0.717) is 25.9 Å². The SMILES string of the molecule is Cc1ccccc1C(C(=O)O)N1CCC(C(=O)c2ccccc2)CC1. The van der Waals surface area contributed by atoms with Crippen LogP contribution in [-0.4, -0.2) is 34.8 Å². The van der Waals surface area contributed by atoms with Crippen LogP contribution in [0.4, 0.5) is 0 Å². The minimum absolute atomic E-state index is 0.0232. The van der Waals surface area contributed by atoms with Crippen LogP contribution in [0, 0.1) is 12.8 Å². The average Bonchev–Trinajstić information content (AvgIpc) is 2.64. The molecule has 1 atom stereocenters. The second kappa shape index (κ2) is 7.62. The fraction of sp³-hybridized carbons (Fsp3) is 0.333. The summed E-state index contributed by atoms with van der Waals surface area (Å²) in [5.74, 6) is -0.685. The molecule has 1 heterocycles. The van der Waals surface area contributed by atoms with Crippen molar-refractivity contribution >= 4 is 11.8 Å². The molecule has 4 nitrogen and oxygen atoms in total. The summed E-state index contributed by atoms with van der Waals surface area (Å²) in [5, 5.41) is 9.75. The Morgan fingerprint density at radius 3 is 2.20 bits per heavy atom. The number of rotatable bonds is 5. The Hall–Kier alpha value is -2.46. The molecule has 0 spiro atoms. The third kappa shape index (κ3) is 3.80. The Kier molecular flexibility index (Phi) is 5.29. The number of likely N-dealkylation sites (tertiary alicyclic amines) is 1. The number of Topliss-reactive ketones (excluding diaryl/α,β-unsaturated/α-hetero) is 1. The molecular formula is C21H23NO3. The van der Waals surface area contributed by atoms with Crippen LogP contribution < -0.4 is 0 Å². The number of piperidine rings is 1. The maximum absolute atomic E-state index is 12.6. The number of carboxylic acid groups (broad SMARTS) is 1. The number of carbonyl (C=O) groups is 2. The highest BCUT2D eigenvalue weighted by molar-refractivity contribution is 5.97. The number of hydrogen-bond donors (Lipinski definition) is 1. The van der Waals surface area contributed by atoms with Crippen LogP contribution in [0.1, 0.15) is 40.4 Å². The van der Waals surface area contributed by atoms with Crippen LogP contribution >= 0.6 is 0 Å². The lowest BCUT2D eigenvalue weighted by molar-refractivity contribution is -0.144. The lowest BCUT2D eigenvalue weighted by Crippen LogP contribution is -2.41. The highest BCUT2D eigenvalue weighted by atomic mass is 16.4. The average molecular weight is 337 g/mol. The number of carboxylic acids is 1. The molecule has 0 aromatic heterocycles. The number of nitrogens with zero attached hydrogens (tertiary/aromatic N) is 1. The molecule has 25 heavy (non-hydrogen) atoms. The molecule has 130 valence electrons. The molecule has 1 saturated heterocycles. The van der Waals surface area contributed by atoms with Gasteiger partial charge in [0, 0.05) is 11.5 Å². The summed E-state index contributed by atoms with van der Waals surface area (Å²) in [7, 11) is 0. The molecule has 1 aliphatic heterocycles. The van der Waals surface area contributed by atoms with Crippen molar-refractivity contribution in [2.24, 2.45) is 5.92 Å². The van der Waals surface area contributed by atoms with Gasteiger partial charge in [-0.3, -0.25) is 14.5 Å². The van der Waals surface area contributed by atoms with Gasteiger partial charge < -0.3 is 5.11 Å². The van der Waals surface area contributed by atoms with Crippen molar-refractivity contribution < 1.29 is 14.7 Å². The highest BCUT2D eigenvalue weighted by Crippen LogP contribution is 2.30. The fourth-order valence-electron chi connectivity index (χ4n) is 3.64. The van der Waals surface area contributed by atoms with E-state index in [1.807, 2.05) is 66.4 Å². The van der Waals surface area contributed by atoms with Gasteiger partial charge in [-0.25, -0.2) is 0 Å². The topological polar surface area (TPSA) is 57.6 Å². The van der Waals surface area contributed by atoms with Crippen molar-refractivity contribution in [2.75, 3.05) is 13.1 Å². The number of hydrogen-bond acceptors (Lipinski definition) is 3. The molecule has 1 aliphatic rings. The smallest absolute Gasteiger partial charge is 0.325 e. The van der Waals surface area contributed by atoms with E-state index in [9.17, 15) is 14.7 Å². The third-order valence-corrected chi connectivity index (χ3v) is 5.04. The summed E-state index contributed by atoms with van der Waals surface area (Å²) in [6, 6.07) is 16.3. The summed E-state index contributed by atoms with van der Waals surface area (Å²) in [4.78, 5) is 26.5. The van der Waals surface area contributed by atoms with Gasteiger partial charge in [-0.15, -0.1) is 0 Å². The molecule has 0 radical (unpaired) electrons. The number of aryl methyl sites for hydroxylation is 1. The predicted molar refractivity (Wildman–Crippen MR) is 96.6 cm³/mol. The number of ketones is 1. The zero-order valence-corrected chi connectivity index (χ0v) is 14.4. The lowest BCUT2D eigenvalue weighted by Gasteiger charge is -2.35. The maximum atomic E-state index is 12.6. The van der Waals surface area contributed by atoms with E-state index in [1.54, 1.807) is 0 Å². The molecule has 0 aliphatic carbocycles. The zero-order valence-electron chi connectivity index (χ0n) is 14.4. The van der Waals surface area contributed by atoms with Gasteiger partial charge in [0.2, 0.25) is 0 Å². The van der Waals surface area contributed by atoms with Gasteiger partial charge in [0.05, 0.1) is 0 Å². The van der Waals surface area contributed by atoms with Gasteiger partial charge in [-0.2, -0.15) is 0 Å². The normalized spacial score (nSPS) is 17.2. The van der Waals surface area contributed by atoms with E-state index in [1.165, 1.54) is 0 Å². The van der Waals surface area contributed by atoms with Crippen molar-refractivity contribution in [1.82, 2.24) is 4.90 Å². The molecule has 1 unspecified atom stereocenters. The van der Waals surface area contributed by atoms with Gasteiger partial charge >= 0.3 is 5.97 Å². The quantitative estimate of drug-likeness (QED) is 0.845. The molecule has 4 heteroatoms. The number of carbonyl (C=O) groups excluding carboxylic acids is 1. The Balaban J connectivity index is 1.71. The largest absolute Gasteiger partial charge is 0.480 e. The van der Waals surface area contributed by atoms with Crippen LogP contribution in [0.15, 0.2) is 54.6 Å². The van der Waals surface area contributed by atoms with E-state index in [-0.39, 0.29) is 11.7 Å². The standard InChI is InChI=1S/C21H23NO3/c1-15-7-5-6-10-18(15)19(21(24)25)22-13-11-17(12-14-22)20(23)16-8-3-2-4-9-16/h2-10,17,19H,11-14H2,1H3,(H,24,25). The molecule has 0 bridgehead atoms. The van der Waals surface area contributed by atoms with E-state index in [4.69, 9.17) is 0 Å². The van der Waals surface area contributed by atoms with Gasteiger partial charge in [0.25, 0.3) is 0 Å². The number of aliphatic carboxylic acids is 1. The van der Waals surface area contributed by atoms with E-state index in [0.717, 1.165) is 16.7 Å². The van der Waals surface area contributed by atoms with E-state index in [2.05, 4.69) is 0 Å². The van der Waals surface area contributed by atoms with Crippen LogP contribution in [0.2, 0.25) is 0 Å². The Morgan fingerprint density at radius 1 is 1.00 bits per heavy atom. The predicted octanol–water partition coefficient (Wildman–Crippen LogP) is 3.72. The molecular weight excluding hydrogens is 314 g/mol. The summed E-state index contributed by atoms with van der Waals surface area (Å²) in [6.45, 7) is 3.18. The summed E-state index contributed by atoms with van der Waals surface area (Å²) >= 11 is 0. The van der Waals surface area contributed by atoms with Crippen molar-refractivity contribution in [2.45, 2.75) is 25.8 Å². The molecule has 3 rings (SSSR count). The third-order valence-electron chi connectivity index (χ3n) is 5.04. The minimum atomic E-state index is -0.831. The van der Waals surface area contributed by atoms with E-state index >= 15 is 0 Å². The molecule has 2 aromatic carbocycles. The first kappa shape index (κ1) is 17.4. The Bertz CT molecular complexity index is 749. The highest BCUT2D eigenvalue weighted by Gasteiger charge is 2.33. The van der Waals surface area contributed by atoms with Crippen LogP contribution in [0.3, 0.4) is 0 Å². The summed E-state index contributed by atoms with van der Waals surface area (Å²) in [6.07, 6.45) is 1.40. The van der Waals surface area contributed by atoms with Crippen molar-refractivity contribution in [3.63, 3.8) is 0 Å². The zero-order chi connectivity index (χ0) is 17.8. The maximum Gasteiger partial charge on any atom is 0.325 e. The second-order valence-corrected chi connectivity index (χ2v) is 6.64. The first-order valence-electron chi connectivity index (χ1n) is 8.69. The molecule has 0 amide bonds. The van der Waals surface area contributed by atoms with Gasteiger partial charge in [0.15, 0.2) is 5.78 Å². The van der Waals surface area contributed by atoms with Crippen LogP contribution in [0.25, 0.3) is 0 Å². The van der Waals surface area contributed by atoms with Crippen molar-refractivity contribution in [3.05, 3.63) is 71.3 Å². The van der Waals surface area contributed by atoms with Gasteiger partial charge in [0.1, 0.15) is 6.04 Å². The summed E-state index contributed by atoms with van der Waals surface area (Å²) in [5.41, 5.74) is 2.56. The van der Waals surface area contributed by atoms with Crippen LogP contribution in [-0.2, 0) is 4.79 Å². The summed E-state index contributed by atoms with van der Waals surface area (Å²) < 4.78 is 0. The Morgan fingerprint density at radius 2 is 1.60 bits per heavy atom. The second-order valence-electron chi connectivity index (χ2n) is 6.64. The molecule has 1 N–H and O–H groups in total. The van der Waals surface area contributed by atoms with E-state index < -0.39 is 12.0 Å². The van der Waals surface area contributed by atoms with Crippen molar-refractivity contribution in [3.8, 4) is 0 Å². The molecule has 2 aromatic rings. The van der Waals surface area contributed by atoms with Gasteiger partial charge in [-0.05, 0) is 44.0 Å². The van der Waals surface area contributed by atoms with Crippen molar-refractivity contribution in [1.29, 1.82) is 0 Å². The lowest BCUT2D eigenvalue weighted by atomic mass is 9.87. The minimum Gasteiger partial charge on any atom is -0.480 e.